The Morgan fingerprint density at radius 2 is 1.79 bits per heavy atom. The van der Waals surface area contributed by atoms with Crippen LogP contribution in [0.1, 0.15) is 46.9 Å². The summed E-state index contributed by atoms with van der Waals surface area (Å²) in [4.78, 5) is 45.2. The highest BCUT2D eigenvalue weighted by Crippen LogP contribution is 2.32. The molecule has 0 radical (unpaired) electrons. The highest BCUT2D eigenvalue weighted by molar-refractivity contribution is 6.02. The highest BCUT2D eigenvalue weighted by Gasteiger charge is 2.35. The van der Waals surface area contributed by atoms with Gasteiger partial charge in [0.05, 0.1) is 34.3 Å². The minimum absolute atomic E-state index is 0.0916. The smallest absolute Gasteiger partial charge is 0.344 e. The van der Waals surface area contributed by atoms with Crippen LogP contribution < -0.4 is 21.3 Å². The molecule has 1 saturated heterocycles. The number of hydrazine groups is 1. The van der Waals surface area contributed by atoms with E-state index >= 15 is 0 Å². The molecule has 1 fully saturated rings. The Hall–Kier alpha value is -4.87. The molecule has 2 N–H and O–H groups in total. The van der Waals surface area contributed by atoms with Gasteiger partial charge in [-0.05, 0) is 94.4 Å². The van der Waals surface area contributed by atoms with Gasteiger partial charge in [0.2, 0.25) is 5.91 Å². The van der Waals surface area contributed by atoms with E-state index in [0.717, 1.165) is 42.7 Å². The molecule has 3 heterocycles. The van der Waals surface area contributed by atoms with Gasteiger partial charge in [-0.1, -0.05) is 6.07 Å². The summed E-state index contributed by atoms with van der Waals surface area (Å²) in [5.41, 5.74) is 2.46. The van der Waals surface area contributed by atoms with Gasteiger partial charge in [0.1, 0.15) is 17.3 Å². The number of piperidine rings is 1. The lowest BCUT2D eigenvalue weighted by molar-refractivity contribution is -0.137. The Kier molecular flexibility index (Phi) is 9.60. The third-order valence-electron chi connectivity index (χ3n) is 8.66. The average molecular weight is 651 g/mol. The lowest BCUT2D eigenvalue weighted by Crippen LogP contribution is -2.48. The quantitative estimate of drug-likeness (QED) is 0.384. The van der Waals surface area contributed by atoms with Crippen LogP contribution in [0.25, 0.3) is 11.4 Å². The molecule has 11 nitrogen and oxygen atoms in total. The van der Waals surface area contributed by atoms with Crippen LogP contribution in [-0.2, 0) is 18.0 Å². The predicted octanol–water partition coefficient (Wildman–Crippen LogP) is 3.35. The first-order valence-electron chi connectivity index (χ1n) is 15.3. The molecule has 0 unspecified atom stereocenters. The molecule has 14 heteroatoms. The van der Waals surface area contributed by atoms with Crippen molar-refractivity contribution in [3.8, 4) is 11.8 Å². The summed E-state index contributed by atoms with van der Waals surface area (Å²) in [6.45, 7) is 4.27. The number of nitrogens with zero attached hydrogens (tertiary/aromatic N) is 6. The van der Waals surface area contributed by atoms with Crippen LogP contribution in [0.5, 0.6) is 0 Å². The van der Waals surface area contributed by atoms with Crippen molar-refractivity contribution in [2.24, 2.45) is 13.0 Å². The van der Waals surface area contributed by atoms with Gasteiger partial charge in [-0.25, -0.2) is 10.1 Å². The number of alkyl halides is 3. The maximum Gasteiger partial charge on any atom is 0.416 e. The van der Waals surface area contributed by atoms with Crippen LogP contribution >= 0.6 is 0 Å². The van der Waals surface area contributed by atoms with E-state index in [4.69, 9.17) is 0 Å². The van der Waals surface area contributed by atoms with Crippen LogP contribution in [0.3, 0.4) is 0 Å². The number of amides is 2. The number of aromatic nitrogens is 2. The molecule has 2 aromatic carbocycles. The Morgan fingerprint density at radius 1 is 1.11 bits per heavy atom. The van der Waals surface area contributed by atoms with Crippen molar-refractivity contribution in [2.45, 2.75) is 32.0 Å². The molecule has 0 bridgehead atoms. The summed E-state index contributed by atoms with van der Waals surface area (Å²) >= 11 is 0. The Bertz CT molecular complexity index is 1780. The molecular formula is C33H37F3N8O3. The number of likely N-dealkylation sites (tertiary alicyclic amines) is 1. The Labute approximate surface area is 270 Å². The molecule has 3 aromatic rings. The van der Waals surface area contributed by atoms with E-state index in [-0.39, 0.29) is 22.9 Å². The third-order valence-corrected chi connectivity index (χ3v) is 8.66. The fourth-order valence-electron chi connectivity index (χ4n) is 6.12. The van der Waals surface area contributed by atoms with E-state index in [1.807, 2.05) is 0 Å². The van der Waals surface area contributed by atoms with Gasteiger partial charge in [0, 0.05) is 27.2 Å². The Morgan fingerprint density at radius 3 is 2.43 bits per heavy atom. The molecule has 1 atom stereocenters. The van der Waals surface area contributed by atoms with Gasteiger partial charge in [-0.15, -0.1) is 0 Å². The van der Waals surface area contributed by atoms with Crippen LogP contribution in [0, 0.1) is 17.2 Å². The van der Waals surface area contributed by atoms with Gasteiger partial charge in [0.25, 0.3) is 11.5 Å². The average Bonchev–Trinajstić information content (AvgIpc) is 3.62. The molecule has 2 aliphatic heterocycles. The first kappa shape index (κ1) is 33.5. The third kappa shape index (κ3) is 6.96. The van der Waals surface area contributed by atoms with Gasteiger partial charge in [-0.3, -0.25) is 24.1 Å². The number of anilines is 1. The first-order chi connectivity index (χ1) is 22.3. The Balaban J connectivity index is 1.52. The van der Waals surface area contributed by atoms with Gasteiger partial charge in [0.15, 0.2) is 0 Å². The summed E-state index contributed by atoms with van der Waals surface area (Å²) < 4.78 is 43.3. The maximum atomic E-state index is 14.1. The molecule has 2 aliphatic rings. The first-order valence-corrected chi connectivity index (χ1v) is 15.3. The molecule has 0 spiro atoms. The van der Waals surface area contributed by atoms with E-state index in [1.54, 1.807) is 54.2 Å². The molecule has 0 saturated carbocycles. The van der Waals surface area contributed by atoms with Crippen LogP contribution in [-0.4, -0.2) is 77.3 Å². The summed E-state index contributed by atoms with van der Waals surface area (Å²) in [7, 11) is 5.22. The second-order valence-corrected chi connectivity index (χ2v) is 12.0. The standard InChI is InChI=1S/C33H37F3N8O3/c1-21(31(46)41(3)20-23-13-16-40(2)17-14-23)39-30(45)28-29(27-12-15-38-43(27)25-10-8-22(19-37)9-11-25)42(4)44(32(28)47)26-7-5-6-24(18-26)33(34,35)36/h5-12,18,21,23,38H,13-17,20H2,1-4H3,(H,39,45)/t21-/m0/s1. The number of likely N-dealkylation sites (N-methyl/N-ethyl adjacent to an activating group) is 1. The number of rotatable bonds is 8. The number of nitriles is 1. The van der Waals surface area contributed by atoms with Crippen molar-refractivity contribution >= 4 is 23.2 Å². The number of benzene rings is 2. The van der Waals surface area contributed by atoms with Crippen LogP contribution in [0.2, 0.25) is 0 Å². The van der Waals surface area contributed by atoms with Crippen LogP contribution in [0.4, 0.5) is 18.9 Å². The lowest BCUT2D eigenvalue weighted by atomic mass is 9.96. The van der Waals surface area contributed by atoms with Crippen molar-refractivity contribution < 1.29 is 22.8 Å². The lowest BCUT2D eigenvalue weighted by Gasteiger charge is -2.32. The predicted molar refractivity (Wildman–Crippen MR) is 170 cm³/mol. The largest absolute Gasteiger partial charge is 0.416 e. The van der Waals surface area contributed by atoms with Crippen LogP contribution in [0.15, 0.2) is 59.4 Å². The van der Waals surface area contributed by atoms with Crippen molar-refractivity contribution in [3.63, 3.8) is 0 Å². The van der Waals surface area contributed by atoms with Crippen molar-refractivity contribution in [1.29, 1.82) is 5.26 Å². The monoisotopic (exact) mass is 650 g/mol. The SMILES string of the molecule is C[C@H](NC(=O)c1c(C2=CCNN2c2ccc(C#N)cc2)n(C)n(-c2cccc(C(F)(F)F)c2)c1=O)C(=O)N(C)CC1CCN(C)CC1. The molecule has 47 heavy (non-hydrogen) atoms. The number of carbonyl (C=O) groups excluding carboxylic acids is 2. The van der Waals surface area contributed by atoms with Gasteiger partial charge >= 0.3 is 6.18 Å². The summed E-state index contributed by atoms with van der Waals surface area (Å²) in [5.74, 6) is -0.833. The van der Waals surface area contributed by atoms with E-state index in [0.29, 0.717) is 36.0 Å². The van der Waals surface area contributed by atoms with E-state index in [1.165, 1.54) is 23.9 Å². The van der Waals surface area contributed by atoms with E-state index in [2.05, 4.69) is 28.8 Å². The normalized spacial score (nSPS) is 16.5. The molecule has 1 aromatic heterocycles. The van der Waals surface area contributed by atoms with E-state index < -0.39 is 29.2 Å². The summed E-state index contributed by atoms with van der Waals surface area (Å²) in [6.07, 6.45) is -1.01. The fraction of sp³-hybridized carbons (Fsp3) is 0.394. The summed E-state index contributed by atoms with van der Waals surface area (Å²) in [6, 6.07) is 12.0. The molecule has 2 amide bonds. The van der Waals surface area contributed by atoms with Crippen molar-refractivity contribution in [3.05, 3.63) is 87.3 Å². The second-order valence-electron chi connectivity index (χ2n) is 12.0. The minimum Gasteiger partial charge on any atom is -0.344 e. The maximum absolute atomic E-state index is 14.1. The second kappa shape index (κ2) is 13.5. The zero-order valence-corrected chi connectivity index (χ0v) is 26.6. The molecule has 248 valence electrons. The van der Waals surface area contributed by atoms with Gasteiger partial charge in [-0.2, -0.15) is 18.4 Å². The number of hydrogen-bond acceptors (Lipinski definition) is 7. The minimum atomic E-state index is -4.66. The van der Waals surface area contributed by atoms with E-state index in [9.17, 15) is 32.8 Å². The number of halogens is 3. The zero-order valence-electron chi connectivity index (χ0n) is 26.6. The fourth-order valence-corrected chi connectivity index (χ4v) is 6.12. The molecule has 5 rings (SSSR count). The molecular weight excluding hydrogens is 613 g/mol. The summed E-state index contributed by atoms with van der Waals surface area (Å²) in [5, 5.41) is 13.5. The molecule has 0 aliphatic carbocycles. The zero-order chi connectivity index (χ0) is 34.0. The number of carbonyl (C=O) groups is 2. The number of nitrogens with one attached hydrogen (secondary N) is 2. The van der Waals surface area contributed by atoms with Crippen molar-refractivity contribution in [2.75, 3.05) is 45.3 Å². The number of hydrogen-bond donors (Lipinski definition) is 2. The van der Waals surface area contributed by atoms with Crippen molar-refractivity contribution in [1.82, 2.24) is 29.9 Å². The highest BCUT2D eigenvalue weighted by atomic mass is 19.4. The topological polar surface area (TPSA) is 119 Å². The van der Waals surface area contributed by atoms with Gasteiger partial charge < -0.3 is 15.1 Å².